The van der Waals surface area contributed by atoms with Gasteiger partial charge in [0.15, 0.2) is 0 Å². The second-order valence-electron chi connectivity index (χ2n) is 4.84. The number of hydrogen-bond acceptors (Lipinski definition) is 3. The molecule has 3 rings (SSSR count). The van der Waals surface area contributed by atoms with Crippen LogP contribution in [-0.2, 0) is 0 Å². The Balaban J connectivity index is 2.12. The molecule has 0 aliphatic rings. The number of H-pyrrole nitrogens is 1. The predicted octanol–water partition coefficient (Wildman–Crippen LogP) is 4.82. The lowest BCUT2D eigenvalue weighted by atomic mass is 10.2. The van der Waals surface area contributed by atoms with Gasteiger partial charge < -0.3 is 4.98 Å². The maximum absolute atomic E-state index is 6.35. The third-order valence-corrected chi connectivity index (χ3v) is 4.58. The van der Waals surface area contributed by atoms with Crippen LogP contribution in [0.15, 0.2) is 64.7 Å². The van der Waals surface area contributed by atoms with E-state index in [1.807, 2.05) is 29.8 Å². The standard InChI is InChI=1S/C17H14Cl2N4S/c1-2-7-21-17-23(22-10-13-4-3-8-20-13)16(11-24-17)14-6-5-12(18)9-15(14)19/h2-6,8-11,20H,1,7H2. The summed E-state index contributed by atoms with van der Waals surface area (Å²) in [7, 11) is 0. The first-order valence-electron chi connectivity index (χ1n) is 7.14. The van der Waals surface area contributed by atoms with Crippen LogP contribution in [0.4, 0.5) is 0 Å². The summed E-state index contributed by atoms with van der Waals surface area (Å²) in [5.74, 6) is 0. The smallest absolute Gasteiger partial charge is 0.206 e. The SMILES string of the molecule is C=CCN=c1scc(-c2ccc(Cl)cc2Cl)n1N=Cc1ccc[nH]1. The van der Waals surface area contributed by atoms with Crippen LogP contribution < -0.4 is 4.80 Å². The summed E-state index contributed by atoms with van der Waals surface area (Å²) >= 11 is 13.8. The molecule has 0 atom stereocenters. The van der Waals surface area contributed by atoms with E-state index < -0.39 is 0 Å². The molecule has 0 aliphatic carbocycles. The average Bonchev–Trinajstić information content (AvgIpc) is 3.20. The van der Waals surface area contributed by atoms with Gasteiger partial charge in [-0.3, -0.25) is 4.99 Å². The largest absolute Gasteiger partial charge is 0.360 e. The van der Waals surface area contributed by atoms with E-state index in [9.17, 15) is 0 Å². The Labute approximate surface area is 153 Å². The highest BCUT2D eigenvalue weighted by Crippen LogP contribution is 2.30. The van der Waals surface area contributed by atoms with Crippen molar-refractivity contribution in [2.45, 2.75) is 0 Å². The zero-order valence-corrected chi connectivity index (χ0v) is 14.9. The average molecular weight is 377 g/mol. The first kappa shape index (κ1) is 16.8. The normalized spacial score (nSPS) is 12.2. The van der Waals surface area contributed by atoms with Gasteiger partial charge in [0.2, 0.25) is 4.80 Å². The van der Waals surface area contributed by atoms with E-state index in [-0.39, 0.29) is 0 Å². The van der Waals surface area contributed by atoms with Crippen molar-refractivity contribution in [2.75, 3.05) is 6.54 Å². The lowest BCUT2D eigenvalue weighted by Crippen LogP contribution is -2.12. The quantitative estimate of drug-likeness (QED) is 0.490. The number of nitrogens with one attached hydrogen (secondary N) is 1. The van der Waals surface area contributed by atoms with Crippen LogP contribution in [0, 0.1) is 0 Å². The highest BCUT2D eigenvalue weighted by molar-refractivity contribution is 7.07. The molecule has 0 unspecified atom stereocenters. The van der Waals surface area contributed by atoms with Gasteiger partial charge in [0.05, 0.1) is 29.2 Å². The molecule has 3 aromatic rings. The number of aromatic nitrogens is 2. The van der Waals surface area contributed by atoms with Crippen LogP contribution >= 0.6 is 34.5 Å². The number of aromatic amines is 1. The number of nitrogens with zero attached hydrogens (tertiary/aromatic N) is 3. The summed E-state index contributed by atoms with van der Waals surface area (Å²) in [4.78, 5) is 8.34. The molecule has 0 fully saturated rings. The fraction of sp³-hybridized carbons (Fsp3) is 0.0588. The molecular weight excluding hydrogens is 363 g/mol. The highest BCUT2D eigenvalue weighted by atomic mass is 35.5. The van der Waals surface area contributed by atoms with Crippen molar-refractivity contribution in [1.82, 2.24) is 9.66 Å². The van der Waals surface area contributed by atoms with E-state index in [1.165, 1.54) is 11.3 Å². The molecule has 1 N–H and O–H groups in total. The molecule has 0 amide bonds. The minimum absolute atomic E-state index is 0.520. The second-order valence-corrected chi connectivity index (χ2v) is 6.52. The number of benzene rings is 1. The van der Waals surface area contributed by atoms with E-state index in [1.54, 1.807) is 29.1 Å². The van der Waals surface area contributed by atoms with E-state index in [4.69, 9.17) is 23.2 Å². The number of thiazole rings is 1. The third-order valence-electron chi connectivity index (χ3n) is 3.18. The number of halogens is 2. The lowest BCUT2D eigenvalue weighted by molar-refractivity contribution is 0.840. The molecule has 24 heavy (non-hydrogen) atoms. The molecule has 4 nitrogen and oxygen atoms in total. The Morgan fingerprint density at radius 2 is 2.17 bits per heavy atom. The van der Waals surface area contributed by atoms with Crippen molar-refractivity contribution in [1.29, 1.82) is 0 Å². The first-order valence-corrected chi connectivity index (χ1v) is 8.77. The monoisotopic (exact) mass is 376 g/mol. The molecule has 0 bridgehead atoms. The van der Waals surface area contributed by atoms with Gasteiger partial charge in [0, 0.05) is 22.2 Å². The van der Waals surface area contributed by atoms with Crippen molar-refractivity contribution in [3.8, 4) is 11.3 Å². The molecule has 0 aliphatic heterocycles. The summed E-state index contributed by atoms with van der Waals surface area (Å²) in [6.45, 7) is 4.22. The summed E-state index contributed by atoms with van der Waals surface area (Å²) < 4.78 is 1.77. The Morgan fingerprint density at radius 3 is 2.88 bits per heavy atom. The van der Waals surface area contributed by atoms with Gasteiger partial charge in [-0.2, -0.15) is 5.10 Å². The Bertz CT molecular complexity index is 936. The second kappa shape index (κ2) is 7.66. The van der Waals surface area contributed by atoms with Gasteiger partial charge in [-0.05, 0) is 30.3 Å². The Hall–Kier alpha value is -2.08. The van der Waals surface area contributed by atoms with Crippen LogP contribution in [0.5, 0.6) is 0 Å². The molecular formula is C17H14Cl2N4S. The molecule has 1 aromatic carbocycles. The molecule has 0 saturated heterocycles. The zero-order chi connectivity index (χ0) is 16.9. The molecule has 122 valence electrons. The summed E-state index contributed by atoms with van der Waals surface area (Å²) in [5.41, 5.74) is 2.60. The molecule has 2 aromatic heterocycles. The minimum atomic E-state index is 0.520. The van der Waals surface area contributed by atoms with Crippen molar-refractivity contribution < 1.29 is 0 Å². The fourth-order valence-corrected chi connectivity index (χ4v) is 3.43. The summed E-state index contributed by atoms with van der Waals surface area (Å²) in [5, 5.41) is 7.69. The molecule has 0 radical (unpaired) electrons. The van der Waals surface area contributed by atoms with Crippen molar-refractivity contribution in [3.63, 3.8) is 0 Å². The van der Waals surface area contributed by atoms with Crippen LogP contribution in [0.3, 0.4) is 0 Å². The van der Waals surface area contributed by atoms with E-state index >= 15 is 0 Å². The van der Waals surface area contributed by atoms with Gasteiger partial charge in [0.25, 0.3) is 0 Å². The van der Waals surface area contributed by atoms with E-state index in [0.29, 0.717) is 16.6 Å². The van der Waals surface area contributed by atoms with Crippen LogP contribution in [-0.4, -0.2) is 22.4 Å². The lowest BCUT2D eigenvalue weighted by Gasteiger charge is -2.06. The zero-order valence-electron chi connectivity index (χ0n) is 12.6. The van der Waals surface area contributed by atoms with Gasteiger partial charge in [-0.15, -0.1) is 17.9 Å². The van der Waals surface area contributed by atoms with Crippen LogP contribution in [0.1, 0.15) is 5.69 Å². The minimum Gasteiger partial charge on any atom is -0.360 e. The van der Waals surface area contributed by atoms with Gasteiger partial charge in [-0.1, -0.05) is 29.3 Å². The molecule has 2 heterocycles. The molecule has 0 saturated carbocycles. The topological polar surface area (TPSA) is 45.4 Å². The van der Waals surface area contributed by atoms with Crippen molar-refractivity contribution in [2.24, 2.45) is 10.1 Å². The van der Waals surface area contributed by atoms with Crippen molar-refractivity contribution in [3.05, 3.63) is 75.1 Å². The van der Waals surface area contributed by atoms with Crippen LogP contribution in [0.2, 0.25) is 10.0 Å². The van der Waals surface area contributed by atoms with Crippen LogP contribution in [0.25, 0.3) is 11.3 Å². The highest BCUT2D eigenvalue weighted by Gasteiger charge is 2.11. The van der Waals surface area contributed by atoms with E-state index in [2.05, 4.69) is 21.7 Å². The van der Waals surface area contributed by atoms with Gasteiger partial charge in [-0.25, -0.2) is 4.68 Å². The summed E-state index contributed by atoms with van der Waals surface area (Å²) in [6, 6.07) is 9.26. The van der Waals surface area contributed by atoms with E-state index in [0.717, 1.165) is 21.8 Å². The maximum atomic E-state index is 6.35. The Morgan fingerprint density at radius 1 is 1.29 bits per heavy atom. The predicted molar refractivity (Wildman–Crippen MR) is 102 cm³/mol. The first-order chi connectivity index (χ1) is 11.7. The van der Waals surface area contributed by atoms with Gasteiger partial charge in [0.1, 0.15) is 0 Å². The van der Waals surface area contributed by atoms with Crippen molar-refractivity contribution >= 4 is 40.8 Å². The Kier molecular flexibility index (Phi) is 5.35. The maximum Gasteiger partial charge on any atom is 0.206 e. The molecule has 7 heteroatoms. The molecule has 0 spiro atoms. The fourth-order valence-electron chi connectivity index (χ4n) is 2.09. The third kappa shape index (κ3) is 3.70. The number of rotatable bonds is 5. The number of hydrogen-bond donors (Lipinski definition) is 1. The summed E-state index contributed by atoms with van der Waals surface area (Å²) in [6.07, 6.45) is 5.33. The van der Waals surface area contributed by atoms with Gasteiger partial charge >= 0.3 is 0 Å².